The molecule has 2 amide bonds. The number of piperidine rings is 1. The summed E-state index contributed by atoms with van der Waals surface area (Å²) < 4.78 is 10.1. The quantitative estimate of drug-likeness (QED) is 0.346. The zero-order valence-electron chi connectivity index (χ0n) is 25.6. The topological polar surface area (TPSA) is 120 Å². The first-order chi connectivity index (χ1) is 20.8. The number of carbonyl (C=O) groups is 2. The summed E-state index contributed by atoms with van der Waals surface area (Å²) in [5, 5.41) is 4.16. The van der Waals surface area contributed by atoms with Gasteiger partial charge < -0.3 is 29.8 Å². The van der Waals surface area contributed by atoms with Crippen molar-refractivity contribution in [2.45, 2.75) is 83.3 Å². The summed E-state index contributed by atoms with van der Waals surface area (Å²) in [6.45, 7) is 4.07. The molecule has 43 heavy (non-hydrogen) atoms. The molecule has 0 saturated carbocycles. The van der Waals surface area contributed by atoms with Crippen molar-refractivity contribution >= 4 is 33.9 Å². The van der Waals surface area contributed by atoms with Crippen molar-refractivity contribution in [1.29, 1.82) is 0 Å². The molecule has 2 atom stereocenters. The molecule has 6 rings (SSSR count). The van der Waals surface area contributed by atoms with Crippen LogP contribution in [0.3, 0.4) is 0 Å². The van der Waals surface area contributed by atoms with Gasteiger partial charge in [0, 0.05) is 50.1 Å². The van der Waals surface area contributed by atoms with Gasteiger partial charge in [-0.05, 0) is 62.9 Å². The summed E-state index contributed by atoms with van der Waals surface area (Å²) in [5.41, 5.74) is 11.0. The number of imidazole rings is 1. The van der Waals surface area contributed by atoms with Gasteiger partial charge in [-0.3, -0.25) is 9.59 Å². The fourth-order valence-electron chi connectivity index (χ4n) is 6.64. The second-order valence-electron chi connectivity index (χ2n) is 12.2. The van der Waals surface area contributed by atoms with E-state index >= 15 is 0 Å². The fourth-order valence-corrected chi connectivity index (χ4v) is 6.64. The third-order valence-electron chi connectivity index (χ3n) is 9.00. The molecule has 5 heterocycles. The van der Waals surface area contributed by atoms with E-state index in [4.69, 9.17) is 20.4 Å². The summed E-state index contributed by atoms with van der Waals surface area (Å²) in [4.78, 5) is 38.0. The van der Waals surface area contributed by atoms with E-state index in [0.717, 1.165) is 91.7 Å². The number of ether oxygens (including phenoxy) is 1. The Labute approximate surface area is 252 Å². The van der Waals surface area contributed by atoms with Crippen molar-refractivity contribution in [3.63, 3.8) is 0 Å². The predicted molar refractivity (Wildman–Crippen MR) is 168 cm³/mol. The maximum Gasteiger partial charge on any atom is 0.254 e. The number of aryl methyl sites for hydroxylation is 2. The second kappa shape index (κ2) is 12.4. The summed E-state index contributed by atoms with van der Waals surface area (Å²) in [7, 11) is 3.62. The number of rotatable bonds is 3. The largest absolute Gasteiger partial charge is 0.494 e. The number of carbonyl (C=O) groups excluding carboxylic acids is 2. The van der Waals surface area contributed by atoms with Gasteiger partial charge in [0.2, 0.25) is 5.91 Å². The van der Waals surface area contributed by atoms with Gasteiger partial charge in [0.15, 0.2) is 5.82 Å². The van der Waals surface area contributed by atoms with E-state index in [2.05, 4.69) is 26.6 Å². The minimum Gasteiger partial charge on any atom is -0.494 e. The molecule has 2 aliphatic heterocycles. The van der Waals surface area contributed by atoms with Crippen LogP contribution in [-0.4, -0.2) is 62.1 Å². The maximum absolute atomic E-state index is 13.5. The van der Waals surface area contributed by atoms with Gasteiger partial charge in [-0.25, -0.2) is 9.97 Å². The number of nitrogens with zero attached hydrogens (tertiary/aromatic N) is 5. The van der Waals surface area contributed by atoms with Gasteiger partial charge in [-0.2, -0.15) is 0 Å². The smallest absolute Gasteiger partial charge is 0.254 e. The number of amides is 2. The third kappa shape index (κ3) is 5.85. The van der Waals surface area contributed by atoms with Crippen LogP contribution in [-0.2, 0) is 18.4 Å². The van der Waals surface area contributed by atoms with E-state index in [1.807, 2.05) is 37.1 Å². The lowest BCUT2D eigenvalue weighted by molar-refractivity contribution is -0.121. The Bertz CT molecular complexity index is 1660. The van der Waals surface area contributed by atoms with Crippen LogP contribution in [0.1, 0.15) is 86.8 Å². The molecule has 2 aliphatic rings. The lowest BCUT2D eigenvalue weighted by atomic mass is 10.0. The highest BCUT2D eigenvalue weighted by Gasteiger charge is 2.26. The van der Waals surface area contributed by atoms with Crippen molar-refractivity contribution < 1.29 is 14.3 Å². The monoisotopic (exact) mass is 585 g/mol. The van der Waals surface area contributed by atoms with Crippen LogP contribution in [0.15, 0.2) is 30.3 Å². The lowest BCUT2D eigenvalue weighted by Gasteiger charge is -2.30. The molecule has 0 aliphatic carbocycles. The lowest BCUT2D eigenvalue weighted by Crippen LogP contribution is -2.45. The van der Waals surface area contributed by atoms with Crippen molar-refractivity contribution in [3.8, 4) is 17.3 Å². The molecule has 1 fully saturated rings. The number of nitrogens with two attached hydrogens (primary N) is 1. The number of hydrogen-bond donors (Lipinski definition) is 2. The van der Waals surface area contributed by atoms with Gasteiger partial charge in [0.05, 0.1) is 30.1 Å². The van der Waals surface area contributed by atoms with Crippen LogP contribution in [0, 0.1) is 0 Å². The van der Waals surface area contributed by atoms with Gasteiger partial charge in [-0.15, -0.1) is 0 Å². The highest BCUT2D eigenvalue weighted by Crippen LogP contribution is 2.35. The first-order valence-electron chi connectivity index (χ1n) is 15.7. The molecular formula is C33H43N7O3. The summed E-state index contributed by atoms with van der Waals surface area (Å²) in [6.07, 6.45) is 8.82. The molecule has 228 valence electrons. The van der Waals surface area contributed by atoms with E-state index in [1.54, 1.807) is 7.11 Å². The minimum atomic E-state index is -0.181. The Morgan fingerprint density at radius 1 is 1.02 bits per heavy atom. The Hall–Kier alpha value is -3.92. The van der Waals surface area contributed by atoms with Crippen LogP contribution >= 0.6 is 0 Å². The normalized spacial score (nSPS) is 20.7. The van der Waals surface area contributed by atoms with Crippen LogP contribution in [0.25, 0.3) is 33.6 Å². The molecule has 1 saturated heterocycles. The average Bonchev–Trinajstić information content (AvgIpc) is 3.53. The van der Waals surface area contributed by atoms with Gasteiger partial charge >= 0.3 is 0 Å². The van der Waals surface area contributed by atoms with E-state index < -0.39 is 0 Å². The summed E-state index contributed by atoms with van der Waals surface area (Å²) in [6, 6.07) is 9.75. The summed E-state index contributed by atoms with van der Waals surface area (Å²) >= 11 is 0. The van der Waals surface area contributed by atoms with Crippen LogP contribution in [0.2, 0.25) is 0 Å². The molecule has 0 radical (unpaired) electrons. The molecule has 10 heteroatoms. The second-order valence-corrected chi connectivity index (χ2v) is 12.2. The Kier molecular flexibility index (Phi) is 8.38. The molecule has 4 aromatic rings. The number of fused-ring (bicyclic) bond motifs is 2. The molecule has 3 N–H and O–H groups in total. The standard InChI is InChI=1S/C33H43N7O3/c1-21-25-14-13-22-18-27(40(31(22)36-25)16-9-7-5-4-6-8-12-29(41)35-21)32-37-26-17-23(19-28(43-3)30(26)38(32)2)33(42)39-15-10-11-24(34)20-39/h13-14,17-19,21,24H,4-12,15-16,20,34H2,1-3H3,(H,35,41)/t21-,24-/m1/s1. The number of hydrogen-bond acceptors (Lipinski definition) is 6. The zero-order chi connectivity index (χ0) is 30.1. The van der Waals surface area contributed by atoms with E-state index in [-0.39, 0.29) is 23.9 Å². The fraction of sp³-hybridized carbons (Fsp3) is 0.515. The zero-order valence-corrected chi connectivity index (χ0v) is 25.6. The minimum absolute atomic E-state index is 0.00681. The van der Waals surface area contributed by atoms with Crippen LogP contribution in [0.5, 0.6) is 5.75 Å². The number of methoxy groups -OCH3 is 1. The number of likely N-dealkylation sites (tertiary alicyclic amines) is 1. The third-order valence-corrected chi connectivity index (χ3v) is 9.00. The molecule has 3 aromatic heterocycles. The first kappa shape index (κ1) is 29.2. The number of aromatic nitrogens is 4. The molecule has 2 bridgehead atoms. The molecule has 0 unspecified atom stereocenters. The van der Waals surface area contributed by atoms with Crippen molar-refractivity contribution in [1.82, 2.24) is 29.3 Å². The molecular weight excluding hydrogens is 542 g/mol. The number of benzene rings is 1. The van der Waals surface area contributed by atoms with Crippen LogP contribution < -0.4 is 15.8 Å². The van der Waals surface area contributed by atoms with Crippen molar-refractivity contribution in [3.05, 3.63) is 41.6 Å². The Balaban J connectivity index is 1.43. The van der Waals surface area contributed by atoms with Crippen molar-refractivity contribution in [2.75, 3.05) is 20.2 Å². The SMILES string of the molecule is COc1cc(C(=O)N2CCC[C@@H](N)C2)cc2nc(-c3cc4ccc5nc4n3CCCCCCCCC(=O)N[C@@H]5C)n(C)c12. The van der Waals surface area contributed by atoms with Gasteiger partial charge in [-0.1, -0.05) is 25.7 Å². The number of pyridine rings is 1. The van der Waals surface area contributed by atoms with E-state index in [1.165, 1.54) is 0 Å². The Morgan fingerprint density at radius 3 is 2.60 bits per heavy atom. The molecule has 0 spiro atoms. The molecule has 10 nitrogen and oxygen atoms in total. The highest BCUT2D eigenvalue weighted by atomic mass is 16.5. The first-order valence-corrected chi connectivity index (χ1v) is 15.7. The average molecular weight is 586 g/mol. The van der Waals surface area contributed by atoms with E-state index in [9.17, 15) is 9.59 Å². The van der Waals surface area contributed by atoms with Gasteiger partial charge in [0.1, 0.15) is 16.9 Å². The number of nitrogens with one attached hydrogen (secondary N) is 1. The molecule has 1 aromatic carbocycles. The van der Waals surface area contributed by atoms with Gasteiger partial charge in [0.25, 0.3) is 5.91 Å². The van der Waals surface area contributed by atoms with Crippen LogP contribution in [0.4, 0.5) is 0 Å². The predicted octanol–water partition coefficient (Wildman–Crippen LogP) is 5.08. The Morgan fingerprint density at radius 2 is 1.81 bits per heavy atom. The summed E-state index contributed by atoms with van der Waals surface area (Å²) in [5.74, 6) is 1.44. The maximum atomic E-state index is 13.5. The highest BCUT2D eigenvalue weighted by molar-refractivity contribution is 6.00. The van der Waals surface area contributed by atoms with Crippen molar-refractivity contribution in [2.24, 2.45) is 12.8 Å². The van der Waals surface area contributed by atoms with E-state index in [0.29, 0.717) is 36.3 Å².